The zero-order valence-corrected chi connectivity index (χ0v) is 12.1. The first-order chi connectivity index (χ1) is 9.65. The van der Waals surface area contributed by atoms with E-state index in [1.807, 2.05) is 19.1 Å². The Hall–Kier alpha value is -1.84. The summed E-state index contributed by atoms with van der Waals surface area (Å²) in [6.45, 7) is 4.11. The lowest BCUT2D eigenvalue weighted by atomic mass is 9.89. The lowest BCUT2D eigenvalue weighted by Gasteiger charge is -2.17. The molecule has 0 aliphatic heterocycles. The fraction of sp³-hybridized carbons (Fsp3) is 0.500. The summed E-state index contributed by atoms with van der Waals surface area (Å²) in [5.74, 6) is 1.92. The van der Waals surface area contributed by atoms with E-state index in [1.165, 1.54) is 32.1 Å². The maximum Gasteiger partial charge on any atom is 0.258 e. The van der Waals surface area contributed by atoms with Crippen LogP contribution in [0.4, 0.5) is 5.69 Å². The molecular weight excluding hydrogens is 250 g/mol. The average molecular weight is 271 g/mol. The summed E-state index contributed by atoms with van der Waals surface area (Å²) in [5.41, 5.74) is 9.92. The molecule has 0 bridgehead atoms. The highest BCUT2D eigenvalue weighted by molar-refractivity contribution is 5.66. The molecule has 2 N–H and O–H groups in total. The summed E-state index contributed by atoms with van der Waals surface area (Å²) in [6.07, 6.45) is 6.21. The highest BCUT2D eigenvalue weighted by Gasteiger charge is 2.22. The number of nitrogens with two attached hydrogens (primary N) is 1. The van der Waals surface area contributed by atoms with Crippen molar-refractivity contribution in [3.63, 3.8) is 0 Å². The van der Waals surface area contributed by atoms with Gasteiger partial charge in [0.1, 0.15) is 0 Å². The second kappa shape index (κ2) is 5.27. The number of aryl methyl sites for hydroxylation is 1. The van der Waals surface area contributed by atoms with Crippen LogP contribution in [0, 0.1) is 13.8 Å². The van der Waals surface area contributed by atoms with Gasteiger partial charge in [-0.25, -0.2) is 0 Å². The number of nitrogen functional groups attached to an aromatic ring is 1. The molecule has 0 unspecified atom stereocenters. The molecule has 0 atom stereocenters. The van der Waals surface area contributed by atoms with Gasteiger partial charge in [0.25, 0.3) is 5.89 Å². The minimum absolute atomic E-state index is 0.462. The van der Waals surface area contributed by atoms with Gasteiger partial charge >= 0.3 is 0 Å². The maximum absolute atomic E-state index is 5.93. The molecule has 1 aromatic heterocycles. The van der Waals surface area contributed by atoms with Gasteiger partial charge in [-0.1, -0.05) is 24.4 Å². The molecule has 0 spiro atoms. The molecule has 1 aliphatic rings. The van der Waals surface area contributed by atoms with E-state index < -0.39 is 0 Å². The van der Waals surface area contributed by atoms with Crippen LogP contribution in [0.3, 0.4) is 0 Å². The number of anilines is 1. The van der Waals surface area contributed by atoms with Gasteiger partial charge in [-0.15, -0.1) is 0 Å². The molecule has 0 saturated heterocycles. The van der Waals surface area contributed by atoms with Gasteiger partial charge in [-0.05, 0) is 49.9 Å². The highest BCUT2D eigenvalue weighted by atomic mass is 16.5. The van der Waals surface area contributed by atoms with Gasteiger partial charge in [0.2, 0.25) is 0 Å². The maximum atomic E-state index is 5.93. The third kappa shape index (κ3) is 2.42. The van der Waals surface area contributed by atoms with Gasteiger partial charge in [-0.2, -0.15) is 4.98 Å². The fourth-order valence-corrected chi connectivity index (χ4v) is 2.98. The van der Waals surface area contributed by atoms with Crippen molar-refractivity contribution in [2.75, 3.05) is 5.73 Å². The standard InChI is InChI=1S/C16H21N3O/c1-10-8-13(17)9-14(11(10)2)16-18-15(19-20-16)12-6-4-3-5-7-12/h8-9,12H,3-7,17H2,1-2H3. The fourth-order valence-electron chi connectivity index (χ4n) is 2.98. The van der Waals surface area contributed by atoms with Crippen molar-refractivity contribution >= 4 is 5.69 Å². The lowest BCUT2D eigenvalue weighted by molar-refractivity contribution is 0.385. The molecule has 106 valence electrons. The topological polar surface area (TPSA) is 64.9 Å². The quantitative estimate of drug-likeness (QED) is 0.839. The van der Waals surface area contributed by atoms with Gasteiger partial charge in [-0.3, -0.25) is 0 Å². The third-order valence-electron chi connectivity index (χ3n) is 4.33. The first-order valence-corrected chi connectivity index (χ1v) is 7.36. The Labute approximate surface area is 119 Å². The van der Waals surface area contributed by atoms with Gasteiger partial charge in [0.15, 0.2) is 5.82 Å². The van der Waals surface area contributed by atoms with Crippen LogP contribution in [-0.2, 0) is 0 Å². The number of hydrogen-bond acceptors (Lipinski definition) is 4. The largest absolute Gasteiger partial charge is 0.399 e. The second-order valence-electron chi connectivity index (χ2n) is 5.80. The van der Waals surface area contributed by atoms with Crippen molar-refractivity contribution in [2.24, 2.45) is 0 Å². The van der Waals surface area contributed by atoms with E-state index in [0.717, 1.165) is 28.2 Å². The predicted octanol–water partition coefficient (Wildman–Crippen LogP) is 3.98. The van der Waals surface area contributed by atoms with E-state index >= 15 is 0 Å². The first kappa shape index (κ1) is 13.2. The molecule has 2 aromatic rings. The van der Waals surface area contributed by atoms with E-state index in [2.05, 4.69) is 17.1 Å². The van der Waals surface area contributed by atoms with Crippen LogP contribution in [0.25, 0.3) is 11.5 Å². The van der Waals surface area contributed by atoms with Crippen LogP contribution in [0.1, 0.15) is 55.0 Å². The normalized spacial score (nSPS) is 16.5. The van der Waals surface area contributed by atoms with E-state index in [0.29, 0.717) is 11.8 Å². The average Bonchev–Trinajstić information content (AvgIpc) is 2.93. The van der Waals surface area contributed by atoms with Gasteiger partial charge < -0.3 is 10.3 Å². The molecule has 3 rings (SSSR count). The number of nitrogens with zero attached hydrogens (tertiary/aromatic N) is 2. The van der Waals surface area contributed by atoms with Crippen molar-refractivity contribution in [1.82, 2.24) is 10.1 Å². The lowest BCUT2D eigenvalue weighted by Crippen LogP contribution is -2.06. The zero-order valence-electron chi connectivity index (χ0n) is 12.1. The van der Waals surface area contributed by atoms with Crippen molar-refractivity contribution < 1.29 is 4.52 Å². The smallest absolute Gasteiger partial charge is 0.258 e. The molecule has 1 saturated carbocycles. The zero-order chi connectivity index (χ0) is 14.1. The van der Waals surface area contributed by atoms with Gasteiger partial charge in [0, 0.05) is 17.2 Å². The molecule has 4 nitrogen and oxygen atoms in total. The van der Waals surface area contributed by atoms with Crippen LogP contribution in [0.15, 0.2) is 16.7 Å². The van der Waals surface area contributed by atoms with Crippen molar-refractivity contribution in [3.8, 4) is 11.5 Å². The van der Waals surface area contributed by atoms with Crippen LogP contribution in [0.5, 0.6) is 0 Å². The summed E-state index contributed by atoms with van der Waals surface area (Å²) < 4.78 is 5.48. The highest BCUT2D eigenvalue weighted by Crippen LogP contribution is 2.33. The summed E-state index contributed by atoms with van der Waals surface area (Å²) in [5, 5.41) is 4.19. The second-order valence-corrected chi connectivity index (χ2v) is 5.80. The molecular formula is C16H21N3O. The molecule has 1 aromatic carbocycles. The van der Waals surface area contributed by atoms with Crippen LogP contribution >= 0.6 is 0 Å². The van der Waals surface area contributed by atoms with Crippen LogP contribution in [-0.4, -0.2) is 10.1 Å². The van der Waals surface area contributed by atoms with E-state index in [-0.39, 0.29) is 0 Å². The number of hydrogen-bond donors (Lipinski definition) is 1. The SMILES string of the molecule is Cc1cc(N)cc(-c2nc(C3CCCCC3)no2)c1C. The summed E-state index contributed by atoms with van der Waals surface area (Å²) in [7, 11) is 0. The minimum atomic E-state index is 0.462. The summed E-state index contributed by atoms with van der Waals surface area (Å²) >= 11 is 0. The molecule has 20 heavy (non-hydrogen) atoms. The number of aromatic nitrogens is 2. The Morgan fingerprint density at radius 1 is 1.15 bits per heavy atom. The number of benzene rings is 1. The Balaban J connectivity index is 1.93. The molecule has 1 heterocycles. The molecule has 1 aliphatic carbocycles. The predicted molar refractivity (Wildman–Crippen MR) is 79.4 cm³/mol. The van der Waals surface area contributed by atoms with E-state index in [4.69, 9.17) is 10.3 Å². The molecule has 0 radical (unpaired) electrons. The summed E-state index contributed by atoms with van der Waals surface area (Å²) in [4.78, 5) is 4.61. The first-order valence-electron chi connectivity index (χ1n) is 7.36. The van der Waals surface area contributed by atoms with Crippen molar-refractivity contribution in [2.45, 2.75) is 51.9 Å². The van der Waals surface area contributed by atoms with Crippen molar-refractivity contribution in [3.05, 3.63) is 29.1 Å². The van der Waals surface area contributed by atoms with E-state index in [9.17, 15) is 0 Å². The van der Waals surface area contributed by atoms with Crippen LogP contribution < -0.4 is 5.73 Å². The Morgan fingerprint density at radius 2 is 1.90 bits per heavy atom. The Kier molecular flexibility index (Phi) is 3.47. The van der Waals surface area contributed by atoms with Gasteiger partial charge in [0.05, 0.1) is 0 Å². The molecule has 1 fully saturated rings. The monoisotopic (exact) mass is 271 g/mol. The van der Waals surface area contributed by atoms with Crippen LogP contribution in [0.2, 0.25) is 0 Å². The third-order valence-corrected chi connectivity index (χ3v) is 4.33. The molecule has 4 heteroatoms. The van der Waals surface area contributed by atoms with Crippen molar-refractivity contribution in [1.29, 1.82) is 0 Å². The Morgan fingerprint density at radius 3 is 2.65 bits per heavy atom. The van der Waals surface area contributed by atoms with E-state index in [1.54, 1.807) is 0 Å². The molecule has 0 amide bonds. The summed E-state index contributed by atoms with van der Waals surface area (Å²) in [6, 6.07) is 3.89. The minimum Gasteiger partial charge on any atom is -0.399 e. The number of rotatable bonds is 2. The Bertz CT molecular complexity index is 612.